The molecule has 1 aliphatic heterocycles. The number of anilines is 1. The number of nitrogens with zero attached hydrogens (tertiary/aromatic N) is 2. The molecule has 0 aliphatic carbocycles. The van der Waals surface area contributed by atoms with Crippen LogP contribution in [0.2, 0.25) is 0 Å². The fourth-order valence-electron chi connectivity index (χ4n) is 4.07. The van der Waals surface area contributed by atoms with Gasteiger partial charge in [-0.2, -0.15) is 0 Å². The molecule has 3 aromatic rings. The predicted octanol–water partition coefficient (Wildman–Crippen LogP) is 3.60. The summed E-state index contributed by atoms with van der Waals surface area (Å²) in [5, 5.41) is 15.6. The van der Waals surface area contributed by atoms with E-state index in [4.69, 9.17) is 0 Å². The molecule has 4 rings (SSSR count). The van der Waals surface area contributed by atoms with Gasteiger partial charge in [0.2, 0.25) is 0 Å². The first-order chi connectivity index (χ1) is 17.3. The van der Waals surface area contributed by atoms with Crippen molar-refractivity contribution in [1.82, 2.24) is 15.1 Å². The van der Waals surface area contributed by atoms with E-state index >= 15 is 0 Å². The Morgan fingerprint density at radius 2 is 1.58 bits per heavy atom. The van der Waals surface area contributed by atoms with Crippen molar-refractivity contribution in [1.29, 1.82) is 0 Å². The second-order valence-electron chi connectivity index (χ2n) is 8.93. The van der Waals surface area contributed by atoms with Gasteiger partial charge in [0.25, 0.3) is 11.8 Å². The summed E-state index contributed by atoms with van der Waals surface area (Å²) in [6.45, 7) is 5.28. The molecule has 0 saturated carbocycles. The van der Waals surface area contributed by atoms with E-state index in [0.29, 0.717) is 12.6 Å². The molecule has 0 atom stereocenters. The van der Waals surface area contributed by atoms with Crippen LogP contribution in [0, 0.1) is 11.6 Å². The van der Waals surface area contributed by atoms with Crippen LogP contribution in [-0.2, 0) is 13.1 Å². The van der Waals surface area contributed by atoms with Crippen LogP contribution in [0.1, 0.15) is 31.8 Å². The molecule has 2 amide bonds. The normalized spacial score (nSPS) is 14.4. The molecule has 1 aliphatic rings. The van der Waals surface area contributed by atoms with Gasteiger partial charge in [0.1, 0.15) is 17.4 Å². The van der Waals surface area contributed by atoms with Gasteiger partial charge in [-0.3, -0.25) is 14.5 Å². The maximum atomic E-state index is 13.4. The standard InChI is InChI=1S/C27H28F2N4O3/c1-32-7-9-33(10-8-32)17-19-4-2-3-18(11-19)16-30-27(36)24-6-5-23(15-25(24)34)31-26(35)20-12-21(28)14-22(29)13-20/h2-6,11-15,34H,7-10,16-17H2,1H3,(H,30,36)(H,31,35). The molecule has 1 heterocycles. The quantitative estimate of drug-likeness (QED) is 0.468. The summed E-state index contributed by atoms with van der Waals surface area (Å²) in [4.78, 5) is 29.6. The molecule has 188 valence electrons. The molecule has 9 heteroatoms. The number of hydrogen-bond donors (Lipinski definition) is 3. The van der Waals surface area contributed by atoms with E-state index in [9.17, 15) is 23.5 Å². The number of amides is 2. The Morgan fingerprint density at radius 1 is 0.889 bits per heavy atom. The summed E-state index contributed by atoms with van der Waals surface area (Å²) in [5.41, 5.74) is 2.13. The highest BCUT2D eigenvalue weighted by atomic mass is 19.1. The van der Waals surface area contributed by atoms with Crippen LogP contribution in [-0.4, -0.2) is 59.9 Å². The SMILES string of the molecule is CN1CCN(Cc2cccc(CNC(=O)c3ccc(NC(=O)c4cc(F)cc(F)c4)cc3O)c2)CC1. The molecular weight excluding hydrogens is 466 g/mol. The highest BCUT2D eigenvalue weighted by molar-refractivity contribution is 6.05. The summed E-state index contributed by atoms with van der Waals surface area (Å²) in [6.07, 6.45) is 0. The average Bonchev–Trinajstić information content (AvgIpc) is 2.84. The minimum atomic E-state index is -0.875. The number of rotatable bonds is 7. The second-order valence-corrected chi connectivity index (χ2v) is 8.93. The molecule has 0 radical (unpaired) electrons. The van der Waals surface area contributed by atoms with E-state index in [1.807, 2.05) is 12.1 Å². The number of phenols is 1. The smallest absolute Gasteiger partial charge is 0.255 e. The molecular formula is C27H28F2N4O3. The maximum Gasteiger partial charge on any atom is 0.255 e. The fourth-order valence-corrected chi connectivity index (χ4v) is 4.07. The predicted molar refractivity (Wildman–Crippen MR) is 133 cm³/mol. The van der Waals surface area contributed by atoms with Crippen molar-refractivity contribution < 1.29 is 23.5 Å². The number of hydrogen-bond acceptors (Lipinski definition) is 5. The molecule has 1 fully saturated rings. The molecule has 0 bridgehead atoms. The van der Waals surface area contributed by atoms with E-state index in [0.717, 1.165) is 50.4 Å². The molecule has 0 spiro atoms. The lowest BCUT2D eigenvalue weighted by Gasteiger charge is -2.32. The van der Waals surface area contributed by atoms with E-state index in [2.05, 4.69) is 39.6 Å². The Labute approximate surface area is 208 Å². The molecule has 3 aromatic carbocycles. The van der Waals surface area contributed by atoms with Crippen molar-refractivity contribution in [2.24, 2.45) is 0 Å². The van der Waals surface area contributed by atoms with Gasteiger partial charge in [-0.05, 0) is 42.4 Å². The van der Waals surface area contributed by atoms with Gasteiger partial charge >= 0.3 is 0 Å². The zero-order valence-electron chi connectivity index (χ0n) is 19.9. The fraction of sp³-hybridized carbons (Fsp3) is 0.259. The Morgan fingerprint density at radius 3 is 2.28 bits per heavy atom. The Hall–Kier alpha value is -3.82. The number of aromatic hydroxyl groups is 1. The van der Waals surface area contributed by atoms with E-state index < -0.39 is 23.4 Å². The van der Waals surface area contributed by atoms with Crippen LogP contribution < -0.4 is 10.6 Å². The molecule has 0 aromatic heterocycles. The van der Waals surface area contributed by atoms with E-state index in [1.165, 1.54) is 23.8 Å². The van der Waals surface area contributed by atoms with E-state index in [-0.39, 0.29) is 22.6 Å². The summed E-state index contributed by atoms with van der Waals surface area (Å²) in [6, 6.07) is 14.5. The number of carbonyl (C=O) groups excluding carboxylic acids is 2. The number of likely N-dealkylation sites (N-methyl/N-ethyl adjacent to an activating group) is 1. The van der Waals surface area contributed by atoms with Crippen LogP contribution >= 0.6 is 0 Å². The lowest BCUT2D eigenvalue weighted by Crippen LogP contribution is -2.43. The lowest BCUT2D eigenvalue weighted by molar-refractivity contribution is 0.0947. The average molecular weight is 495 g/mol. The maximum absolute atomic E-state index is 13.4. The minimum Gasteiger partial charge on any atom is -0.507 e. The molecule has 3 N–H and O–H groups in total. The third-order valence-electron chi connectivity index (χ3n) is 6.07. The van der Waals surface area contributed by atoms with Crippen LogP contribution in [0.4, 0.5) is 14.5 Å². The van der Waals surface area contributed by atoms with Crippen LogP contribution in [0.5, 0.6) is 5.75 Å². The Balaban J connectivity index is 1.34. The molecule has 0 unspecified atom stereocenters. The largest absolute Gasteiger partial charge is 0.507 e. The number of carbonyl (C=O) groups is 2. The third kappa shape index (κ3) is 6.65. The number of nitrogens with one attached hydrogen (secondary N) is 2. The third-order valence-corrected chi connectivity index (χ3v) is 6.07. The van der Waals surface area contributed by atoms with Gasteiger partial charge in [-0.15, -0.1) is 0 Å². The van der Waals surface area contributed by atoms with Gasteiger partial charge in [-0.1, -0.05) is 24.3 Å². The first-order valence-corrected chi connectivity index (χ1v) is 11.6. The summed E-state index contributed by atoms with van der Waals surface area (Å²) < 4.78 is 26.7. The van der Waals surface area contributed by atoms with Crippen molar-refractivity contribution in [3.63, 3.8) is 0 Å². The zero-order valence-corrected chi connectivity index (χ0v) is 19.9. The highest BCUT2D eigenvalue weighted by Crippen LogP contribution is 2.23. The van der Waals surface area contributed by atoms with Crippen molar-refractivity contribution in [2.45, 2.75) is 13.1 Å². The highest BCUT2D eigenvalue weighted by Gasteiger charge is 2.16. The first-order valence-electron chi connectivity index (χ1n) is 11.6. The first kappa shape index (κ1) is 25.3. The van der Waals surface area contributed by atoms with Crippen LogP contribution in [0.3, 0.4) is 0 Å². The second kappa shape index (κ2) is 11.3. The monoisotopic (exact) mass is 494 g/mol. The number of phenolic OH excluding ortho intramolecular Hbond substituents is 1. The summed E-state index contributed by atoms with van der Waals surface area (Å²) in [5.74, 6) is -3.30. The van der Waals surface area contributed by atoms with Gasteiger partial charge in [0.05, 0.1) is 5.56 Å². The topological polar surface area (TPSA) is 84.9 Å². The molecule has 1 saturated heterocycles. The molecule has 7 nitrogen and oxygen atoms in total. The van der Waals surface area contributed by atoms with Gasteiger partial charge in [-0.25, -0.2) is 8.78 Å². The Kier molecular flexibility index (Phi) is 7.92. The number of benzene rings is 3. The van der Waals surface area contributed by atoms with Crippen molar-refractivity contribution in [3.05, 3.63) is 94.6 Å². The Bertz CT molecular complexity index is 1240. The summed E-state index contributed by atoms with van der Waals surface area (Å²) >= 11 is 0. The van der Waals surface area contributed by atoms with Crippen LogP contribution in [0.25, 0.3) is 0 Å². The lowest BCUT2D eigenvalue weighted by atomic mass is 10.1. The van der Waals surface area contributed by atoms with E-state index in [1.54, 1.807) is 0 Å². The number of piperazine rings is 1. The zero-order chi connectivity index (χ0) is 25.7. The van der Waals surface area contributed by atoms with Gasteiger partial charge < -0.3 is 20.6 Å². The van der Waals surface area contributed by atoms with Gasteiger partial charge in [0.15, 0.2) is 0 Å². The number of halogens is 2. The minimum absolute atomic E-state index is 0.0402. The van der Waals surface area contributed by atoms with Crippen molar-refractivity contribution in [3.8, 4) is 5.75 Å². The van der Waals surface area contributed by atoms with Crippen molar-refractivity contribution in [2.75, 3.05) is 38.5 Å². The molecule has 36 heavy (non-hydrogen) atoms. The van der Waals surface area contributed by atoms with Crippen LogP contribution in [0.15, 0.2) is 60.7 Å². The van der Waals surface area contributed by atoms with Gasteiger partial charge in [0, 0.05) is 62.7 Å². The summed E-state index contributed by atoms with van der Waals surface area (Å²) in [7, 11) is 2.12. The van der Waals surface area contributed by atoms with Crippen molar-refractivity contribution >= 4 is 17.5 Å².